The van der Waals surface area contributed by atoms with E-state index in [0.29, 0.717) is 10.5 Å². The third kappa shape index (κ3) is 3.84. The average molecular weight is 516 g/mol. The van der Waals surface area contributed by atoms with Crippen LogP contribution in [0.3, 0.4) is 0 Å². The van der Waals surface area contributed by atoms with Crippen LogP contribution in [0.2, 0.25) is 0 Å². The van der Waals surface area contributed by atoms with Crippen LogP contribution in [0.1, 0.15) is 11.1 Å². The molecule has 1 aliphatic rings. The van der Waals surface area contributed by atoms with Gasteiger partial charge in [0.05, 0.1) is 11.4 Å². The molecule has 1 saturated heterocycles. The number of thioether (sulfide) groups is 1. The summed E-state index contributed by atoms with van der Waals surface area (Å²) < 4.78 is 1.88. The summed E-state index contributed by atoms with van der Waals surface area (Å²) in [6.07, 6.45) is 1.56. The molecule has 24 heavy (non-hydrogen) atoms. The molecule has 0 atom stereocenters. The predicted molar refractivity (Wildman–Crippen MR) is 106 cm³/mol. The highest BCUT2D eigenvalue weighted by Crippen LogP contribution is 2.35. The number of carbonyl (C=O) groups excluding carboxylic acids is 2. The number of hydrogen-bond donors (Lipinski definition) is 1. The van der Waals surface area contributed by atoms with E-state index in [0.717, 1.165) is 25.4 Å². The highest BCUT2D eigenvalue weighted by molar-refractivity contribution is 14.1. The molecule has 1 aliphatic heterocycles. The largest absolute Gasteiger partial charge is 0.507 e. The SMILES string of the molecule is O=C1S/C(=C\c2cc(I)ccc2O)C(=O)N1Cc1ccc(Br)cc1. The van der Waals surface area contributed by atoms with Gasteiger partial charge in [0.1, 0.15) is 5.75 Å². The summed E-state index contributed by atoms with van der Waals surface area (Å²) in [5.41, 5.74) is 1.40. The van der Waals surface area contributed by atoms with Crippen LogP contribution >= 0.6 is 50.3 Å². The lowest BCUT2D eigenvalue weighted by Crippen LogP contribution is -2.27. The fourth-order valence-electron chi connectivity index (χ4n) is 2.19. The van der Waals surface area contributed by atoms with Crippen molar-refractivity contribution in [2.75, 3.05) is 0 Å². The molecule has 3 rings (SSSR count). The van der Waals surface area contributed by atoms with Gasteiger partial charge >= 0.3 is 0 Å². The van der Waals surface area contributed by atoms with Crippen molar-refractivity contribution in [3.05, 3.63) is 66.5 Å². The van der Waals surface area contributed by atoms with Gasteiger partial charge in [-0.15, -0.1) is 0 Å². The molecule has 7 heteroatoms. The van der Waals surface area contributed by atoms with Gasteiger partial charge in [0, 0.05) is 13.6 Å². The van der Waals surface area contributed by atoms with Crippen molar-refractivity contribution < 1.29 is 14.7 Å². The van der Waals surface area contributed by atoms with Gasteiger partial charge in [-0.25, -0.2) is 0 Å². The molecular formula is C17H11BrINO3S. The molecule has 1 N–H and O–H groups in total. The van der Waals surface area contributed by atoms with E-state index in [-0.39, 0.29) is 23.4 Å². The molecule has 2 aromatic rings. The van der Waals surface area contributed by atoms with Gasteiger partial charge in [0.25, 0.3) is 11.1 Å². The molecule has 2 amide bonds. The highest BCUT2D eigenvalue weighted by Gasteiger charge is 2.35. The molecule has 2 aromatic carbocycles. The Bertz CT molecular complexity index is 851. The van der Waals surface area contributed by atoms with E-state index in [1.165, 1.54) is 4.90 Å². The molecule has 122 valence electrons. The second kappa shape index (κ2) is 7.28. The number of imide groups is 1. The number of rotatable bonds is 3. The van der Waals surface area contributed by atoms with Crippen LogP contribution < -0.4 is 0 Å². The summed E-state index contributed by atoms with van der Waals surface area (Å²) in [5, 5.41) is 9.60. The normalized spacial score (nSPS) is 16.2. The molecule has 1 heterocycles. The van der Waals surface area contributed by atoms with Gasteiger partial charge in [-0.3, -0.25) is 14.5 Å². The smallest absolute Gasteiger partial charge is 0.293 e. The minimum atomic E-state index is -0.342. The van der Waals surface area contributed by atoms with Gasteiger partial charge in [-0.2, -0.15) is 0 Å². The van der Waals surface area contributed by atoms with Crippen molar-refractivity contribution >= 4 is 67.5 Å². The van der Waals surface area contributed by atoms with E-state index >= 15 is 0 Å². The zero-order valence-electron chi connectivity index (χ0n) is 12.2. The minimum absolute atomic E-state index is 0.0788. The molecule has 0 aromatic heterocycles. The molecule has 4 nitrogen and oxygen atoms in total. The Labute approximate surface area is 165 Å². The van der Waals surface area contributed by atoms with Crippen LogP contribution in [0.15, 0.2) is 51.8 Å². The Hall–Kier alpha value is -1.32. The number of hydrogen-bond acceptors (Lipinski definition) is 4. The standard InChI is InChI=1S/C17H11BrINO3S/c18-12-3-1-10(2-4-12)9-20-16(22)15(24-17(20)23)8-11-7-13(19)5-6-14(11)21/h1-8,21H,9H2/b15-8-. The topological polar surface area (TPSA) is 57.6 Å². The van der Waals surface area contributed by atoms with Crippen molar-refractivity contribution in [3.63, 3.8) is 0 Å². The van der Waals surface area contributed by atoms with Crippen molar-refractivity contribution in [2.45, 2.75) is 6.54 Å². The van der Waals surface area contributed by atoms with Crippen LogP contribution in [-0.4, -0.2) is 21.2 Å². The van der Waals surface area contributed by atoms with Crippen molar-refractivity contribution in [3.8, 4) is 5.75 Å². The second-order valence-corrected chi connectivity index (χ2v) is 8.25. The summed E-state index contributed by atoms with van der Waals surface area (Å²) in [7, 11) is 0. The summed E-state index contributed by atoms with van der Waals surface area (Å²) >= 11 is 6.37. The lowest BCUT2D eigenvalue weighted by Gasteiger charge is -2.12. The Morgan fingerprint density at radius 3 is 2.58 bits per heavy atom. The molecule has 0 saturated carbocycles. The third-order valence-electron chi connectivity index (χ3n) is 3.40. The quantitative estimate of drug-likeness (QED) is 0.462. The Morgan fingerprint density at radius 1 is 1.17 bits per heavy atom. The fraction of sp³-hybridized carbons (Fsp3) is 0.0588. The third-order valence-corrected chi connectivity index (χ3v) is 5.51. The zero-order chi connectivity index (χ0) is 17.3. The first-order chi connectivity index (χ1) is 11.4. The van der Waals surface area contributed by atoms with Crippen LogP contribution in [0.4, 0.5) is 4.79 Å². The van der Waals surface area contributed by atoms with Crippen molar-refractivity contribution in [1.82, 2.24) is 4.90 Å². The number of phenolic OH excluding ortho intramolecular Hbond substituents is 1. The lowest BCUT2D eigenvalue weighted by molar-refractivity contribution is -0.123. The summed E-state index contributed by atoms with van der Waals surface area (Å²) in [6, 6.07) is 12.6. The molecule has 0 aliphatic carbocycles. The number of nitrogens with zero attached hydrogens (tertiary/aromatic N) is 1. The van der Waals surface area contributed by atoms with E-state index < -0.39 is 0 Å². The summed E-state index contributed by atoms with van der Waals surface area (Å²) in [6.45, 7) is 0.230. The molecule has 0 radical (unpaired) electrons. The van der Waals surface area contributed by atoms with E-state index in [9.17, 15) is 14.7 Å². The van der Waals surface area contributed by atoms with Crippen molar-refractivity contribution in [1.29, 1.82) is 0 Å². The summed E-state index contributed by atoms with van der Waals surface area (Å²) in [5.74, 6) is -0.263. The number of aromatic hydroxyl groups is 1. The van der Waals surface area contributed by atoms with Crippen LogP contribution in [0.25, 0.3) is 6.08 Å². The predicted octanol–water partition coefficient (Wildman–Crippen LogP) is 5.00. The zero-order valence-corrected chi connectivity index (χ0v) is 16.8. The average Bonchev–Trinajstić information content (AvgIpc) is 2.80. The molecule has 0 spiro atoms. The molecule has 1 fully saturated rings. The first kappa shape index (κ1) is 17.5. The van der Waals surface area contributed by atoms with Gasteiger partial charge in [0.15, 0.2) is 0 Å². The molecule has 0 unspecified atom stereocenters. The van der Waals surface area contributed by atoms with Gasteiger partial charge in [0.2, 0.25) is 0 Å². The van der Waals surface area contributed by atoms with Gasteiger partial charge in [-0.1, -0.05) is 28.1 Å². The maximum Gasteiger partial charge on any atom is 0.293 e. The molecular weight excluding hydrogens is 505 g/mol. The van der Waals surface area contributed by atoms with E-state index in [1.807, 2.05) is 24.3 Å². The van der Waals surface area contributed by atoms with Crippen molar-refractivity contribution in [2.24, 2.45) is 0 Å². The van der Waals surface area contributed by atoms with Gasteiger partial charge < -0.3 is 5.11 Å². The number of amides is 2. The van der Waals surface area contributed by atoms with E-state index in [2.05, 4.69) is 38.5 Å². The Kier molecular flexibility index (Phi) is 5.31. The first-order valence-corrected chi connectivity index (χ1v) is 9.61. The number of carbonyl (C=O) groups is 2. The first-order valence-electron chi connectivity index (χ1n) is 6.92. The maximum absolute atomic E-state index is 12.5. The lowest BCUT2D eigenvalue weighted by atomic mass is 10.2. The number of benzene rings is 2. The van der Waals surface area contributed by atoms with Crippen LogP contribution in [0.5, 0.6) is 5.75 Å². The number of phenols is 1. The Morgan fingerprint density at radius 2 is 1.88 bits per heavy atom. The van der Waals surface area contributed by atoms with Gasteiger partial charge in [-0.05, 0) is 76.3 Å². The highest BCUT2D eigenvalue weighted by atomic mass is 127. The Balaban J connectivity index is 1.84. The maximum atomic E-state index is 12.5. The second-order valence-electron chi connectivity index (χ2n) is 5.10. The molecule has 0 bridgehead atoms. The van der Waals surface area contributed by atoms with E-state index in [4.69, 9.17) is 0 Å². The minimum Gasteiger partial charge on any atom is -0.507 e. The summed E-state index contributed by atoms with van der Waals surface area (Å²) in [4.78, 5) is 26.2. The number of halogens is 2. The van der Waals surface area contributed by atoms with Crippen LogP contribution in [0, 0.1) is 3.57 Å². The monoisotopic (exact) mass is 515 g/mol. The van der Waals surface area contributed by atoms with Crippen LogP contribution in [-0.2, 0) is 11.3 Å². The van der Waals surface area contributed by atoms with E-state index in [1.54, 1.807) is 24.3 Å². The fourth-order valence-corrected chi connectivity index (χ4v) is 3.80.